The topological polar surface area (TPSA) is 9.23 Å². The molecule has 1 nitrogen and oxygen atoms in total. The summed E-state index contributed by atoms with van der Waals surface area (Å²) >= 11 is 0. The van der Waals surface area contributed by atoms with Crippen LogP contribution in [-0.2, 0) is 4.57 Å². The van der Waals surface area contributed by atoms with E-state index in [0.717, 1.165) is 7.37 Å². The van der Waals surface area contributed by atoms with Gasteiger partial charge in [0.1, 0.15) is 7.17 Å². The van der Waals surface area contributed by atoms with Crippen molar-refractivity contribution in [3.05, 3.63) is 0 Å². The summed E-state index contributed by atoms with van der Waals surface area (Å²) in [4.78, 5) is 0. The van der Waals surface area contributed by atoms with Crippen LogP contribution in [0.3, 0.4) is 0 Å². The summed E-state index contributed by atoms with van der Waals surface area (Å²) in [6, 6.07) is 0. The maximum atomic E-state index is 4.82. The standard InChI is InChI=1S/CH3B4O/c1-3-5-6-4-2/h1H3. The van der Waals surface area contributed by atoms with Gasteiger partial charge in [0, 0.05) is 0 Å². The molecule has 5 radical (unpaired) electrons. The molecule has 0 saturated carbocycles. The molecule has 0 aromatic rings. The van der Waals surface area contributed by atoms with Crippen LogP contribution in [0.5, 0.6) is 0 Å². The lowest BCUT2D eigenvalue weighted by Crippen LogP contribution is -2.08. The molecule has 0 amide bonds. The van der Waals surface area contributed by atoms with E-state index in [1.54, 1.807) is 7.17 Å². The molecule has 0 rings (SSSR count). The van der Waals surface area contributed by atoms with Crippen LogP contribution < -0.4 is 0 Å². The van der Waals surface area contributed by atoms with Crippen LogP contribution >= 0.6 is 0 Å². The molecule has 0 aliphatic heterocycles. The lowest BCUT2D eigenvalue weighted by atomic mass is 9.50. The molecule has 0 aromatic carbocycles. The average Bonchev–Trinajstić information content (AvgIpc) is 1.61. The van der Waals surface area contributed by atoms with Crippen LogP contribution in [0.1, 0.15) is 0 Å². The zero-order chi connectivity index (χ0) is 4.83. The fourth-order valence-corrected chi connectivity index (χ4v) is 0.124. The third kappa shape index (κ3) is 4.22. The van der Waals surface area contributed by atoms with Gasteiger partial charge in [0.15, 0.2) is 0 Å². The SMILES string of the molecule is [B][B]O[B][B]C. The van der Waals surface area contributed by atoms with E-state index >= 15 is 0 Å². The van der Waals surface area contributed by atoms with Gasteiger partial charge in [-0.2, -0.15) is 0 Å². The molecule has 6 heavy (non-hydrogen) atoms. The zero-order valence-corrected chi connectivity index (χ0v) is 3.72. The Labute approximate surface area is 42.0 Å². The van der Waals surface area contributed by atoms with E-state index in [0.29, 0.717) is 0 Å². The maximum Gasteiger partial charge on any atom is 0.216 e. The minimum atomic E-state index is 1.12. The quantitative estimate of drug-likeness (QED) is 0.308. The number of rotatable bonds is 3. The van der Waals surface area contributed by atoms with Gasteiger partial charge in [0.25, 0.3) is 0 Å². The monoisotopic (exact) mass is 75.1 g/mol. The summed E-state index contributed by atoms with van der Waals surface area (Å²) in [7, 11) is 9.19. The van der Waals surface area contributed by atoms with Crippen molar-refractivity contribution in [1.29, 1.82) is 0 Å². The molecule has 0 bridgehead atoms. The van der Waals surface area contributed by atoms with E-state index in [1.165, 1.54) is 7.37 Å². The Bertz CT molecular complexity index is 19.5. The van der Waals surface area contributed by atoms with E-state index < -0.39 is 0 Å². The predicted molar refractivity (Wildman–Crippen MR) is 30.0 cm³/mol. The normalized spacial score (nSPS) is 6.83. The summed E-state index contributed by atoms with van der Waals surface area (Å²) in [5.41, 5.74) is 0. The van der Waals surface area contributed by atoms with Crippen LogP contribution in [-0.4, -0.2) is 29.7 Å². The second kappa shape index (κ2) is 5.22. The smallest absolute Gasteiger partial charge is 0.216 e. The average molecular weight is 74.3 g/mol. The Morgan fingerprint density at radius 2 is 2.33 bits per heavy atom. The van der Waals surface area contributed by atoms with Crippen molar-refractivity contribution < 1.29 is 4.57 Å². The van der Waals surface area contributed by atoms with Crippen molar-refractivity contribution in [3.63, 3.8) is 0 Å². The van der Waals surface area contributed by atoms with E-state index in [9.17, 15) is 0 Å². The summed E-state index contributed by atoms with van der Waals surface area (Å²) < 4.78 is 4.45. The van der Waals surface area contributed by atoms with Gasteiger partial charge in [-0.15, -0.1) is 0 Å². The van der Waals surface area contributed by atoms with Crippen LogP contribution in [0, 0.1) is 0 Å². The third-order valence-electron chi connectivity index (χ3n) is 0.293. The number of hydrogen-bond acceptors (Lipinski definition) is 1. The van der Waals surface area contributed by atoms with Crippen LogP contribution in [0.4, 0.5) is 0 Å². The Morgan fingerprint density at radius 3 is 2.50 bits per heavy atom. The highest BCUT2D eigenvalue weighted by molar-refractivity contribution is 7.01. The lowest BCUT2D eigenvalue weighted by Gasteiger charge is -1.88. The van der Waals surface area contributed by atoms with Gasteiger partial charge in [-0.25, -0.2) is 0 Å². The van der Waals surface area contributed by atoms with E-state index in [2.05, 4.69) is 4.57 Å². The zero-order valence-electron chi connectivity index (χ0n) is 3.72. The van der Waals surface area contributed by atoms with Crippen LogP contribution in [0.2, 0.25) is 6.82 Å². The first-order chi connectivity index (χ1) is 2.91. The molecule has 0 spiro atoms. The van der Waals surface area contributed by atoms with Crippen molar-refractivity contribution in [2.45, 2.75) is 6.82 Å². The van der Waals surface area contributed by atoms with Gasteiger partial charge in [-0.3, -0.25) is 0 Å². The molecule has 0 aromatic heterocycles. The minimum Gasteiger partial charge on any atom is -0.519 e. The maximum absolute atomic E-state index is 4.82. The molecule has 0 fully saturated rings. The van der Waals surface area contributed by atoms with Gasteiger partial charge in [0.2, 0.25) is 14.7 Å². The van der Waals surface area contributed by atoms with Gasteiger partial charge >= 0.3 is 0 Å². The molecular weight excluding hydrogens is 71.3 g/mol. The first-order valence-electron chi connectivity index (χ1n) is 1.72. The van der Waals surface area contributed by atoms with Crippen LogP contribution in [0.15, 0.2) is 0 Å². The van der Waals surface area contributed by atoms with Crippen LogP contribution in [0.25, 0.3) is 0 Å². The molecule has 0 aliphatic rings. The second-order valence-electron chi connectivity index (χ2n) is 0.742. The van der Waals surface area contributed by atoms with Gasteiger partial charge in [0.05, 0.1) is 7.74 Å². The van der Waals surface area contributed by atoms with Gasteiger partial charge in [-0.05, 0) is 0 Å². The predicted octanol–water partition coefficient (Wildman–Crippen LogP) is -1.01. The molecule has 0 heterocycles. The Morgan fingerprint density at radius 1 is 1.67 bits per heavy atom. The fourth-order valence-electron chi connectivity index (χ4n) is 0.124. The molecular formula is CH3B4O. The highest BCUT2D eigenvalue weighted by Crippen LogP contribution is 1.56. The minimum absolute atomic E-state index is 1.12. The molecule has 0 atom stereocenters. The summed E-state index contributed by atoms with van der Waals surface area (Å²) in [6.07, 6.45) is 0. The molecule has 0 aliphatic carbocycles. The van der Waals surface area contributed by atoms with Crippen molar-refractivity contribution in [1.82, 2.24) is 0 Å². The van der Waals surface area contributed by atoms with E-state index in [1.807, 2.05) is 6.82 Å². The highest BCUT2D eigenvalue weighted by atomic mass is 16.4. The fraction of sp³-hybridized carbons (Fsp3) is 1.00. The van der Waals surface area contributed by atoms with Gasteiger partial charge < -0.3 is 4.57 Å². The molecule has 0 unspecified atom stereocenters. The first kappa shape index (κ1) is 6.22. The lowest BCUT2D eigenvalue weighted by molar-refractivity contribution is 0.675. The van der Waals surface area contributed by atoms with E-state index in [-0.39, 0.29) is 0 Å². The van der Waals surface area contributed by atoms with Crippen molar-refractivity contribution in [3.8, 4) is 0 Å². The summed E-state index contributed by atoms with van der Waals surface area (Å²) in [5.74, 6) is 0. The Kier molecular flexibility index (Phi) is 5.41. The van der Waals surface area contributed by atoms with E-state index in [4.69, 9.17) is 7.74 Å². The largest absolute Gasteiger partial charge is 0.519 e. The molecule has 25 valence electrons. The van der Waals surface area contributed by atoms with Crippen molar-refractivity contribution in [2.24, 2.45) is 0 Å². The number of hydrogen-bond donors (Lipinski definition) is 0. The highest BCUT2D eigenvalue weighted by Gasteiger charge is 1.81. The van der Waals surface area contributed by atoms with Crippen molar-refractivity contribution in [2.75, 3.05) is 0 Å². The third-order valence-corrected chi connectivity index (χ3v) is 0.293. The second-order valence-corrected chi connectivity index (χ2v) is 0.742. The molecule has 0 N–H and O–H groups in total. The Balaban J connectivity index is 2.34. The van der Waals surface area contributed by atoms with Gasteiger partial charge in [-0.1, -0.05) is 6.82 Å². The van der Waals surface area contributed by atoms with Crippen molar-refractivity contribution >= 4 is 29.7 Å². The molecule has 0 saturated heterocycles. The Hall–Kier alpha value is 0.220. The summed E-state index contributed by atoms with van der Waals surface area (Å²) in [5, 5.41) is 0. The molecule has 5 heteroatoms. The summed E-state index contributed by atoms with van der Waals surface area (Å²) in [6.45, 7) is 1.85. The first-order valence-corrected chi connectivity index (χ1v) is 1.72.